The van der Waals surface area contributed by atoms with Crippen molar-refractivity contribution < 1.29 is 9.53 Å². The smallest absolute Gasteiger partial charge is 0.435 e. The molecular formula is C11H15IN2O2. The molecule has 0 radical (unpaired) electrons. The predicted molar refractivity (Wildman–Crippen MR) is 68.6 cm³/mol. The van der Waals surface area contributed by atoms with E-state index < -0.39 is 5.60 Å². The van der Waals surface area contributed by atoms with Gasteiger partial charge in [-0.1, -0.05) is 0 Å². The SMILES string of the molecule is CC(C)(C)OC(=O)n1ncc(I)c1C1CC1. The van der Waals surface area contributed by atoms with Crippen LogP contribution in [0, 0.1) is 3.57 Å². The van der Waals surface area contributed by atoms with E-state index in [9.17, 15) is 4.79 Å². The van der Waals surface area contributed by atoms with Crippen LogP contribution in [-0.4, -0.2) is 21.5 Å². The Morgan fingerprint density at radius 3 is 2.69 bits per heavy atom. The number of carbonyl (C=O) groups excluding carboxylic acids is 1. The zero-order chi connectivity index (χ0) is 11.9. The van der Waals surface area contributed by atoms with Crippen LogP contribution >= 0.6 is 22.6 Å². The number of ether oxygens (including phenoxy) is 1. The maximum absolute atomic E-state index is 11.9. The molecule has 1 fully saturated rings. The summed E-state index contributed by atoms with van der Waals surface area (Å²) < 4.78 is 7.77. The van der Waals surface area contributed by atoms with Crippen LogP contribution in [0.5, 0.6) is 0 Å². The lowest BCUT2D eigenvalue weighted by Gasteiger charge is -2.19. The topological polar surface area (TPSA) is 44.1 Å². The van der Waals surface area contributed by atoms with Gasteiger partial charge in [0.15, 0.2) is 0 Å². The van der Waals surface area contributed by atoms with Crippen molar-refractivity contribution in [3.63, 3.8) is 0 Å². The van der Waals surface area contributed by atoms with Crippen molar-refractivity contribution in [2.45, 2.75) is 45.1 Å². The molecule has 16 heavy (non-hydrogen) atoms. The number of rotatable bonds is 1. The zero-order valence-electron chi connectivity index (χ0n) is 9.66. The van der Waals surface area contributed by atoms with Crippen molar-refractivity contribution in [1.29, 1.82) is 0 Å². The first kappa shape index (κ1) is 11.9. The number of aromatic nitrogens is 2. The molecule has 0 N–H and O–H groups in total. The van der Waals surface area contributed by atoms with Gasteiger partial charge in [-0.25, -0.2) is 4.79 Å². The highest BCUT2D eigenvalue weighted by Crippen LogP contribution is 2.42. The van der Waals surface area contributed by atoms with Gasteiger partial charge in [0.2, 0.25) is 0 Å². The van der Waals surface area contributed by atoms with Crippen LogP contribution in [0.15, 0.2) is 6.20 Å². The second-order valence-electron chi connectivity index (χ2n) is 5.04. The summed E-state index contributed by atoms with van der Waals surface area (Å²) in [6, 6.07) is 0. The number of carbonyl (C=O) groups is 1. The fraction of sp³-hybridized carbons (Fsp3) is 0.636. The van der Waals surface area contributed by atoms with Gasteiger partial charge >= 0.3 is 6.09 Å². The molecule has 1 saturated carbocycles. The van der Waals surface area contributed by atoms with E-state index in [1.807, 2.05) is 20.8 Å². The Morgan fingerprint density at radius 1 is 1.56 bits per heavy atom. The van der Waals surface area contributed by atoms with Crippen LogP contribution in [0.3, 0.4) is 0 Å². The number of halogens is 1. The van der Waals surface area contributed by atoms with E-state index in [0.29, 0.717) is 5.92 Å². The minimum absolute atomic E-state index is 0.377. The Labute approximate surface area is 108 Å². The molecule has 0 unspecified atom stereocenters. The van der Waals surface area contributed by atoms with Gasteiger partial charge in [0.25, 0.3) is 0 Å². The summed E-state index contributed by atoms with van der Waals surface area (Å²) in [6.07, 6.45) is 3.63. The second kappa shape index (κ2) is 4.01. The van der Waals surface area contributed by atoms with Crippen LogP contribution in [0.25, 0.3) is 0 Å². The molecule has 0 aromatic carbocycles. The minimum atomic E-state index is -0.477. The largest absolute Gasteiger partial charge is 0.442 e. The molecule has 2 rings (SSSR count). The Bertz CT molecular complexity index is 416. The van der Waals surface area contributed by atoms with Crippen molar-refractivity contribution in [3.8, 4) is 0 Å². The number of hydrogen-bond acceptors (Lipinski definition) is 3. The molecular weight excluding hydrogens is 319 g/mol. The maximum atomic E-state index is 11.9. The fourth-order valence-electron chi connectivity index (χ4n) is 1.51. The normalized spacial score (nSPS) is 16.2. The Morgan fingerprint density at radius 2 is 2.19 bits per heavy atom. The summed E-state index contributed by atoms with van der Waals surface area (Å²) >= 11 is 2.22. The van der Waals surface area contributed by atoms with Crippen LogP contribution in [0.2, 0.25) is 0 Å². The molecule has 5 heteroatoms. The van der Waals surface area contributed by atoms with Crippen LogP contribution in [-0.2, 0) is 4.74 Å². The molecule has 4 nitrogen and oxygen atoms in total. The molecule has 0 atom stereocenters. The van der Waals surface area contributed by atoms with Crippen LogP contribution in [0.4, 0.5) is 4.79 Å². The lowest BCUT2D eigenvalue weighted by atomic mass is 10.2. The second-order valence-corrected chi connectivity index (χ2v) is 6.21. The zero-order valence-corrected chi connectivity index (χ0v) is 11.8. The minimum Gasteiger partial charge on any atom is -0.442 e. The molecule has 88 valence electrons. The first-order valence-electron chi connectivity index (χ1n) is 5.35. The van der Waals surface area contributed by atoms with E-state index in [4.69, 9.17) is 4.74 Å². The highest BCUT2D eigenvalue weighted by molar-refractivity contribution is 14.1. The summed E-state index contributed by atoms with van der Waals surface area (Å²) in [7, 11) is 0. The Hall–Kier alpha value is -0.590. The highest BCUT2D eigenvalue weighted by atomic mass is 127. The summed E-state index contributed by atoms with van der Waals surface area (Å²) in [5.41, 5.74) is 0.532. The molecule has 0 bridgehead atoms. The van der Waals surface area contributed by atoms with Gasteiger partial charge in [0.1, 0.15) is 5.60 Å². The summed E-state index contributed by atoms with van der Waals surface area (Å²) in [4.78, 5) is 11.9. The van der Waals surface area contributed by atoms with E-state index in [2.05, 4.69) is 27.7 Å². The lowest BCUT2D eigenvalue weighted by Crippen LogP contribution is -2.28. The van der Waals surface area contributed by atoms with Gasteiger partial charge in [0.05, 0.1) is 15.5 Å². The van der Waals surface area contributed by atoms with Crippen molar-refractivity contribution in [1.82, 2.24) is 9.78 Å². The van der Waals surface area contributed by atoms with E-state index in [-0.39, 0.29) is 6.09 Å². The maximum Gasteiger partial charge on any atom is 0.435 e. The van der Waals surface area contributed by atoms with E-state index in [1.165, 1.54) is 4.68 Å². The fourth-order valence-corrected chi connectivity index (χ4v) is 2.31. The van der Waals surface area contributed by atoms with Crippen molar-refractivity contribution >= 4 is 28.7 Å². The summed E-state index contributed by atoms with van der Waals surface area (Å²) in [5.74, 6) is 0.488. The third-order valence-electron chi connectivity index (χ3n) is 2.29. The molecule has 1 aliphatic carbocycles. The summed E-state index contributed by atoms with van der Waals surface area (Å²) in [6.45, 7) is 5.57. The van der Waals surface area contributed by atoms with Gasteiger partial charge in [-0.05, 0) is 56.2 Å². The monoisotopic (exact) mass is 334 g/mol. The van der Waals surface area contributed by atoms with Gasteiger partial charge < -0.3 is 4.74 Å². The van der Waals surface area contributed by atoms with Crippen molar-refractivity contribution in [3.05, 3.63) is 15.5 Å². The number of nitrogens with zero attached hydrogens (tertiary/aromatic N) is 2. The summed E-state index contributed by atoms with van der Waals surface area (Å²) in [5, 5.41) is 4.10. The molecule has 0 amide bonds. The van der Waals surface area contributed by atoms with Crippen molar-refractivity contribution in [2.24, 2.45) is 0 Å². The first-order valence-corrected chi connectivity index (χ1v) is 6.43. The van der Waals surface area contributed by atoms with Gasteiger partial charge in [-0.15, -0.1) is 0 Å². The molecule has 1 heterocycles. The average molecular weight is 334 g/mol. The van der Waals surface area contributed by atoms with Crippen LogP contribution < -0.4 is 0 Å². The molecule has 0 aliphatic heterocycles. The van der Waals surface area contributed by atoms with E-state index in [0.717, 1.165) is 22.1 Å². The van der Waals surface area contributed by atoms with Gasteiger partial charge in [-0.2, -0.15) is 9.78 Å². The molecule has 1 aromatic rings. The number of hydrogen-bond donors (Lipinski definition) is 0. The Kier molecular flexibility index (Phi) is 2.98. The molecule has 0 saturated heterocycles. The molecule has 1 aliphatic rings. The third kappa shape index (κ3) is 2.56. The van der Waals surface area contributed by atoms with Crippen molar-refractivity contribution in [2.75, 3.05) is 0 Å². The molecule has 0 spiro atoms. The first-order chi connectivity index (χ1) is 7.38. The van der Waals surface area contributed by atoms with Gasteiger partial charge in [-0.3, -0.25) is 0 Å². The average Bonchev–Trinajstić information content (AvgIpc) is 2.87. The quantitative estimate of drug-likeness (QED) is 0.741. The van der Waals surface area contributed by atoms with Crippen LogP contribution in [0.1, 0.15) is 45.2 Å². The Balaban J connectivity index is 2.23. The highest BCUT2D eigenvalue weighted by Gasteiger charge is 2.32. The lowest BCUT2D eigenvalue weighted by molar-refractivity contribution is 0.0509. The molecule has 1 aromatic heterocycles. The van der Waals surface area contributed by atoms with Gasteiger partial charge in [0, 0.05) is 5.92 Å². The standard InChI is InChI=1S/C11H15IN2O2/c1-11(2,3)16-10(15)14-9(7-4-5-7)8(12)6-13-14/h6-7H,4-5H2,1-3H3. The van der Waals surface area contributed by atoms with E-state index >= 15 is 0 Å². The van der Waals surface area contributed by atoms with E-state index in [1.54, 1.807) is 6.20 Å². The third-order valence-corrected chi connectivity index (χ3v) is 3.12. The predicted octanol–water partition coefficient (Wildman–Crippen LogP) is 3.15.